The SMILES string of the molecule is COn1c(O)c(C=N)c2ccccc21. The topological polar surface area (TPSA) is 58.2 Å². The number of nitrogens with zero attached hydrogens (tertiary/aromatic N) is 1. The van der Waals surface area contributed by atoms with Gasteiger partial charge in [-0.15, -0.1) is 4.73 Å². The lowest BCUT2D eigenvalue weighted by atomic mass is 10.2. The summed E-state index contributed by atoms with van der Waals surface area (Å²) in [5, 5.41) is 17.7. The normalized spacial score (nSPS) is 10.4. The molecular formula is C10H10N2O2. The predicted octanol–water partition coefficient (Wildman–Crippen LogP) is 1.40. The van der Waals surface area contributed by atoms with E-state index in [1.165, 1.54) is 11.8 Å². The summed E-state index contributed by atoms with van der Waals surface area (Å²) in [6.07, 6.45) is 1.12. The highest BCUT2D eigenvalue weighted by Crippen LogP contribution is 2.28. The maximum atomic E-state index is 9.70. The zero-order valence-corrected chi connectivity index (χ0v) is 7.69. The second kappa shape index (κ2) is 3.06. The fourth-order valence-corrected chi connectivity index (χ4v) is 1.55. The van der Waals surface area contributed by atoms with E-state index in [9.17, 15) is 5.11 Å². The van der Waals surface area contributed by atoms with E-state index < -0.39 is 0 Å². The molecule has 0 saturated carbocycles. The molecule has 1 heterocycles. The highest BCUT2D eigenvalue weighted by atomic mass is 16.7. The number of nitrogens with one attached hydrogen (secondary N) is 1. The monoisotopic (exact) mass is 190 g/mol. The van der Waals surface area contributed by atoms with E-state index in [2.05, 4.69) is 0 Å². The van der Waals surface area contributed by atoms with Crippen molar-refractivity contribution in [3.8, 4) is 5.88 Å². The van der Waals surface area contributed by atoms with E-state index in [0.29, 0.717) is 5.56 Å². The van der Waals surface area contributed by atoms with Gasteiger partial charge in [0.05, 0.1) is 11.1 Å². The molecule has 14 heavy (non-hydrogen) atoms. The molecule has 1 aromatic heterocycles. The van der Waals surface area contributed by atoms with Gasteiger partial charge in [0.1, 0.15) is 7.11 Å². The van der Waals surface area contributed by atoms with E-state index in [1.54, 1.807) is 0 Å². The van der Waals surface area contributed by atoms with E-state index in [4.69, 9.17) is 10.2 Å². The Kier molecular flexibility index (Phi) is 1.89. The number of para-hydroxylation sites is 1. The standard InChI is InChI=1S/C10H10N2O2/c1-14-12-9-5-3-2-4-7(9)8(6-11)10(12)13/h2-6,11,13H,1H3. The molecule has 0 amide bonds. The fourth-order valence-electron chi connectivity index (χ4n) is 1.55. The van der Waals surface area contributed by atoms with Crippen LogP contribution in [0.25, 0.3) is 10.9 Å². The molecule has 2 aromatic rings. The summed E-state index contributed by atoms with van der Waals surface area (Å²) in [7, 11) is 1.47. The molecular weight excluding hydrogens is 180 g/mol. The fraction of sp³-hybridized carbons (Fsp3) is 0.100. The summed E-state index contributed by atoms with van der Waals surface area (Å²) in [5.41, 5.74) is 1.23. The summed E-state index contributed by atoms with van der Waals surface area (Å²) in [6.45, 7) is 0. The molecule has 4 heteroatoms. The lowest BCUT2D eigenvalue weighted by Gasteiger charge is -2.02. The average molecular weight is 190 g/mol. The number of rotatable bonds is 2. The molecule has 0 atom stereocenters. The molecule has 1 aromatic carbocycles. The maximum absolute atomic E-state index is 9.70. The van der Waals surface area contributed by atoms with Gasteiger partial charge < -0.3 is 15.4 Å². The summed E-state index contributed by atoms with van der Waals surface area (Å²) < 4.78 is 1.30. The maximum Gasteiger partial charge on any atom is 0.235 e. The van der Waals surface area contributed by atoms with E-state index in [1.807, 2.05) is 24.3 Å². The molecule has 0 spiro atoms. The van der Waals surface area contributed by atoms with Gasteiger partial charge in [-0.05, 0) is 6.07 Å². The third kappa shape index (κ3) is 0.970. The van der Waals surface area contributed by atoms with Gasteiger partial charge in [0, 0.05) is 11.6 Å². The number of aromatic hydroxyl groups is 1. The largest absolute Gasteiger partial charge is 0.492 e. The first-order valence-electron chi connectivity index (χ1n) is 4.17. The van der Waals surface area contributed by atoms with Crippen LogP contribution in [-0.2, 0) is 0 Å². The molecule has 0 aliphatic carbocycles. The van der Waals surface area contributed by atoms with Gasteiger partial charge in [-0.3, -0.25) is 0 Å². The summed E-state index contributed by atoms with van der Waals surface area (Å²) in [5.74, 6) is -0.0382. The van der Waals surface area contributed by atoms with Crippen molar-refractivity contribution < 1.29 is 9.94 Å². The summed E-state index contributed by atoms with van der Waals surface area (Å²) in [6, 6.07) is 7.37. The Hall–Kier alpha value is -1.97. The van der Waals surface area contributed by atoms with Crippen LogP contribution in [0.5, 0.6) is 5.88 Å². The van der Waals surface area contributed by atoms with Gasteiger partial charge in [-0.2, -0.15) is 0 Å². The molecule has 0 aliphatic rings. The third-order valence-electron chi connectivity index (χ3n) is 2.17. The lowest BCUT2D eigenvalue weighted by Crippen LogP contribution is -2.03. The zero-order valence-electron chi connectivity index (χ0n) is 7.69. The highest BCUT2D eigenvalue weighted by Gasteiger charge is 2.14. The molecule has 0 saturated heterocycles. The van der Waals surface area contributed by atoms with Gasteiger partial charge in [0.15, 0.2) is 0 Å². The number of benzene rings is 1. The van der Waals surface area contributed by atoms with Crippen molar-refractivity contribution in [2.24, 2.45) is 0 Å². The van der Waals surface area contributed by atoms with Crippen LogP contribution >= 0.6 is 0 Å². The Morgan fingerprint density at radius 2 is 2.14 bits per heavy atom. The van der Waals surface area contributed by atoms with Crippen LogP contribution in [0.4, 0.5) is 0 Å². The second-order valence-electron chi connectivity index (χ2n) is 2.88. The minimum atomic E-state index is -0.0382. The van der Waals surface area contributed by atoms with Crippen molar-refractivity contribution in [1.82, 2.24) is 4.73 Å². The van der Waals surface area contributed by atoms with Crippen LogP contribution in [-0.4, -0.2) is 23.2 Å². The van der Waals surface area contributed by atoms with Crippen LogP contribution < -0.4 is 4.84 Å². The molecule has 2 rings (SSSR count). The zero-order chi connectivity index (χ0) is 10.1. The van der Waals surface area contributed by atoms with Crippen LogP contribution in [0, 0.1) is 5.41 Å². The van der Waals surface area contributed by atoms with Gasteiger partial charge in [0.2, 0.25) is 5.88 Å². The predicted molar refractivity (Wildman–Crippen MR) is 54.0 cm³/mol. The number of hydrogen-bond acceptors (Lipinski definition) is 3. The molecule has 0 fully saturated rings. The number of hydrogen-bond donors (Lipinski definition) is 2. The molecule has 0 radical (unpaired) electrons. The Morgan fingerprint density at radius 3 is 2.79 bits per heavy atom. The molecule has 0 unspecified atom stereocenters. The molecule has 2 N–H and O–H groups in total. The van der Waals surface area contributed by atoms with Crippen LogP contribution in [0.3, 0.4) is 0 Å². The second-order valence-corrected chi connectivity index (χ2v) is 2.88. The van der Waals surface area contributed by atoms with Crippen LogP contribution in [0.2, 0.25) is 0 Å². The molecule has 72 valence electrons. The summed E-state index contributed by atoms with van der Waals surface area (Å²) >= 11 is 0. The summed E-state index contributed by atoms with van der Waals surface area (Å²) in [4.78, 5) is 5.00. The number of aromatic nitrogens is 1. The van der Waals surface area contributed by atoms with E-state index >= 15 is 0 Å². The van der Waals surface area contributed by atoms with Gasteiger partial charge >= 0.3 is 0 Å². The van der Waals surface area contributed by atoms with Crippen molar-refractivity contribution >= 4 is 17.1 Å². The molecule has 0 bridgehead atoms. The first kappa shape index (κ1) is 8.62. The van der Waals surface area contributed by atoms with Gasteiger partial charge in [-0.1, -0.05) is 18.2 Å². The van der Waals surface area contributed by atoms with Crippen LogP contribution in [0.1, 0.15) is 5.56 Å². The highest BCUT2D eigenvalue weighted by molar-refractivity contribution is 6.01. The Balaban J connectivity index is 2.91. The van der Waals surface area contributed by atoms with Crippen molar-refractivity contribution in [2.45, 2.75) is 0 Å². The van der Waals surface area contributed by atoms with Crippen molar-refractivity contribution in [1.29, 1.82) is 5.41 Å². The minimum absolute atomic E-state index is 0.0382. The first-order valence-corrected chi connectivity index (χ1v) is 4.17. The third-order valence-corrected chi connectivity index (χ3v) is 2.17. The smallest absolute Gasteiger partial charge is 0.235 e. The minimum Gasteiger partial charge on any atom is -0.492 e. The van der Waals surface area contributed by atoms with E-state index in [-0.39, 0.29) is 5.88 Å². The first-order chi connectivity index (χ1) is 6.79. The average Bonchev–Trinajstić information content (AvgIpc) is 2.49. The number of fused-ring (bicyclic) bond motifs is 1. The van der Waals surface area contributed by atoms with Crippen molar-refractivity contribution in [3.63, 3.8) is 0 Å². The molecule has 4 nitrogen and oxygen atoms in total. The van der Waals surface area contributed by atoms with Crippen molar-refractivity contribution in [2.75, 3.05) is 7.11 Å². The Morgan fingerprint density at radius 1 is 1.43 bits per heavy atom. The Labute approximate surface area is 80.8 Å². The van der Waals surface area contributed by atoms with Crippen molar-refractivity contribution in [3.05, 3.63) is 29.8 Å². The lowest BCUT2D eigenvalue weighted by molar-refractivity contribution is 0.152. The van der Waals surface area contributed by atoms with Gasteiger partial charge in [-0.25, -0.2) is 0 Å². The van der Waals surface area contributed by atoms with Crippen LogP contribution in [0.15, 0.2) is 24.3 Å². The van der Waals surface area contributed by atoms with Gasteiger partial charge in [0.25, 0.3) is 0 Å². The molecule has 0 aliphatic heterocycles. The quantitative estimate of drug-likeness (QED) is 0.703. The Bertz CT molecular complexity index is 488. The van der Waals surface area contributed by atoms with E-state index in [0.717, 1.165) is 17.1 Å².